The first-order valence-electron chi connectivity index (χ1n) is 9.72. The summed E-state index contributed by atoms with van der Waals surface area (Å²) in [4.78, 5) is 46.7. The molecule has 31 heavy (non-hydrogen) atoms. The lowest BCUT2D eigenvalue weighted by Gasteiger charge is -2.12. The molecule has 1 amide bonds. The number of nitrogens with zero attached hydrogens (tertiary/aromatic N) is 4. The number of aryl methyl sites for hydroxylation is 1. The van der Waals surface area contributed by atoms with Gasteiger partial charge in [-0.3, -0.25) is 18.7 Å². The molecule has 1 aromatic carbocycles. The third-order valence-corrected chi connectivity index (χ3v) is 6.20. The number of thioether (sulfide) groups is 1. The van der Waals surface area contributed by atoms with Gasteiger partial charge in [0.25, 0.3) is 5.56 Å². The predicted molar refractivity (Wildman–Crippen MR) is 114 cm³/mol. The van der Waals surface area contributed by atoms with Crippen LogP contribution in [0, 0.1) is 0 Å². The molecule has 1 N–H and O–H groups in total. The molecule has 1 aliphatic carbocycles. The maximum atomic E-state index is 12.8. The highest BCUT2D eigenvalue weighted by Crippen LogP contribution is 2.39. The van der Waals surface area contributed by atoms with Gasteiger partial charge in [-0.2, -0.15) is 0 Å². The average Bonchev–Trinajstić information content (AvgIpc) is 3.52. The molecular formula is C20H19N5O5S. The van der Waals surface area contributed by atoms with E-state index in [1.807, 2.05) is 0 Å². The monoisotopic (exact) mass is 441 g/mol. The standard InChI is InChI=1S/C20H19N5O5S/c1-24-17-15(19(27)25(2)20(24)28)18(23-16(22-17)10-3-4-10)31-8-14(26)21-11-5-6-12-13(7-11)30-9-29-12/h5-7,10H,3-4,8-9H2,1-2H3,(H,21,26). The van der Waals surface area contributed by atoms with Crippen molar-refractivity contribution in [2.24, 2.45) is 14.1 Å². The number of fused-ring (bicyclic) bond motifs is 2. The number of aromatic nitrogens is 4. The Morgan fingerprint density at radius 1 is 1.16 bits per heavy atom. The van der Waals surface area contributed by atoms with Crippen LogP contribution in [0.4, 0.5) is 5.69 Å². The van der Waals surface area contributed by atoms with Gasteiger partial charge >= 0.3 is 5.69 Å². The van der Waals surface area contributed by atoms with E-state index in [-0.39, 0.29) is 29.8 Å². The largest absolute Gasteiger partial charge is 0.454 e. The van der Waals surface area contributed by atoms with Crippen LogP contribution < -0.4 is 26.0 Å². The molecule has 1 saturated carbocycles. The quantitative estimate of drug-likeness (QED) is 0.466. The summed E-state index contributed by atoms with van der Waals surface area (Å²) < 4.78 is 13.0. The van der Waals surface area contributed by atoms with E-state index in [2.05, 4.69) is 15.3 Å². The molecule has 0 atom stereocenters. The molecule has 5 rings (SSSR count). The lowest BCUT2D eigenvalue weighted by molar-refractivity contribution is -0.113. The van der Waals surface area contributed by atoms with Crippen molar-refractivity contribution in [3.05, 3.63) is 44.9 Å². The van der Waals surface area contributed by atoms with Crippen LogP contribution in [-0.4, -0.2) is 37.6 Å². The summed E-state index contributed by atoms with van der Waals surface area (Å²) in [5.41, 5.74) is -0.0448. The molecule has 2 aliphatic rings. The molecule has 0 bridgehead atoms. The smallest absolute Gasteiger partial charge is 0.332 e. The van der Waals surface area contributed by atoms with E-state index < -0.39 is 11.2 Å². The zero-order chi connectivity index (χ0) is 21.7. The number of amides is 1. The minimum atomic E-state index is -0.473. The maximum Gasteiger partial charge on any atom is 0.332 e. The minimum Gasteiger partial charge on any atom is -0.454 e. The second-order valence-electron chi connectivity index (χ2n) is 7.47. The van der Waals surface area contributed by atoms with E-state index in [0.717, 1.165) is 29.2 Å². The third-order valence-electron chi connectivity index (χ3n) is 5.22. The van der Waals surface area contributed by atoms with Gasteiger partial charge < -0.3 is 14.8 Å². The summed E-state index contributed by atoms with van der Waals surface area (Å²) in [5.74, 6) is 1.82. The molecule has 3 aromatic rings. The van der Waals surface area contributed by atoms with Gasteiger partial charge in [-0.15, -0.1) is 0 Å². The molecule has 3 heterocycles. The lowest BCUT2D eigenvalue weighted by Crippen LogP contribution is -2.37. The van der Waals surface area contributed by atoms with Crippen molar-refractivity contribution in [2.45, 2.75) is 23.8 Å². The zero-order valence-corrected chi connectivity index (χ0v) is 17.7. The van der Waals surface area contributed by atoms with Crippen LogP contribution in [0.25, 0.3) is 11.0 Å². The number of rotatable bonds is 5. The van der Waals surface area contributed by atoms with Crippen LogP contribution in [0.5, 0.6) is 11.5 Å². The summed E-state index contributed by atoms with van der Waals surface area (Å²) >= 11 is 1.15. The van der Waals surface area contributed by atoms with E-state index in [1.54, 1.807) is 25.2 Å². The number of anilines is 1. The Bertz CT molecular complexity index is 1340. The van der Waals surface area contributed by atoms with Crippen LogP contribution in [0.3, 0.4) is 0 Å². The Labute approximate surface area is 180 Å². The predicted octanol–water partition coefficient (Wildman–Crippen LogP) is 1.36. The molecule has 160 valence electrons. The van der Waals surface area contributed by atoms with Crippen molar-refractivity contribution in [1.29, 1.82) is 0 Å². The summed E-state index contributed by atoms with van der Waals surface area (Å²) in [7, 11) is 2.99. The first kappa shape index (κ1) is 19.6. The maximum absolute atomic E-state index is 12.8. The highest BCUT2D eigenvalue weighted by atomic mass is 32.2. The topological polar surface area (TPSA) is 117 Å². The van der Waals surface area contributed by atoms with Crippen molar-refractivity contribution >= 4 is 34.4 Å². The van der Waals surface area contributed by atoms with Crippen LogP contribution >= 0.6 is 11.8 Å². The van der Waals surface area contributed by atoms with Crippen LogP contribution in [-0.2, 0) is 18.9 Å². The zero-order valence-electron chi connectivity index (χ0n) is 16.9. The Morgan fingerprint density at radius 3 is 2.71 bits per heavy atom. The highest BCUT2D eigenvalue weighted by molar-refractivity contribution is 8.00. The van der Waals surface area contributed by atoms with E-state index in [4.69, 9.17) is 9.47 Å². The van der Waals surface area contributed by atoms with Crippen LogP contribution in [0.15, 0.2) is 32.8 Å². The van der Waals surface area contributed by atoms with Crippen LogP contribution in [0.1, 0.15) is 24.6 Å². The molecule has 0 unspecified atom stereocenters. The van der Waals surface area contributed by atoms with E-state index in [9.17, 15) is 14.4 Å². The number of hydrogen-bond donors (Lipinski definition) is 1. The Balaban J connectivity index is 1.43. The molecule has 1 aliphatic heterocycles. The summed E-state index contributed by atoms with van der Waals surface area (Å²) in [6, 6.07) is 5.16. The summed E-state index contributed by atoms with van der Waals surface area (Å²) in [6.07, 6.45) is 1.94. The van der Waals surface area contributed by atoms with E-state index in [0.29, 0.717) is 33.7 Å². The Morgan fingerprint density at radius 2 is 1.94 bits per heavy atom. The van der Waals surface area contributed by atoms with Gasteiger partial charge in [0, 0.05) is 31.8 Å². The van der Waals surface area contributed by atoms with Gasteiger partial charge in [0.15, 0.2) is 17.1 Å². The second kappa shape index (κ2) is 7.41. The summed E-state index contributed by atoms with van der Waals surface area (Å²) in [5, 5.41) is 3.46. The van der Waals surface area contributed by atoms with Gasteiger partial charge in [-0.05, 0) is 25.0 Å². The van der Waals surface area contributed by atoms with Crippen molar-refractivity contribution < 1.29 is 14.3 Å². The minimum absolute atomic E-state index is 0.0384. The third kappa shape index (κ3) is 3.54. The van der Waals surface area contributed by atoms with Gasteiger partial charge in [0.2, 0.25) is 12.7 Å². The number of ether oxygens (including phenoxy) is 2. The molecule has 0 saturated heterocycles. The Kier molecular flexibility index (Phi) is 4.69. The summed E-state index contributed by atoms with van der Waals surface area (Å²) in [6.45, 7) is 0.157. The van der Waals surface area contributed by atoms with Crippen LogP contribution in [0.2, 0.25) is 0 Å². The lowest BCUT2D eigenvalue weighted by atomic mass is 10.3. The first-order chi connectivity index (χ1) is 14.9. The molecule has 11 heteroatoms. The van der Waals surface area contributed by atoms with Gasteiger partial charge in [-0.25, -0.2) is 14.8 Å². The van der Waals surface area contributed by atoms with Crippen molar-refractivity contribution in [3.63, 3.8) is 0 Å². The number of benzene rings is 1. The fourth-order valence-corrected chi connectivity index (χ4v) is 4.20. The average molecular weight is 441 g/mol. The van der Waals surface area contributed by atoms with Crippen molar-refractivity contribution in [1.82, 2.24) is 19.1 Å². The molecule has 2 aromatic heterocycles. The molecule has 10 nitrogen and oxygen atoms in total. The number of carbonyl (C=O) groups is 1. The van der Waals surface area contributed by atoms with Gasteiger partial charge in [-0.1, -0.05) is 11.8 Å². The highest BCUT2D eigenvalue weighted by Gasteiger charge is 2.29. The number of hydrogen-bond acceptors (Lipinski definition) is 8. The van der Waals surface area contributed by atoms with E-state index >= 15 is 0 Å². The van der Waals surface area contributed by atoms with Crippen molar-refractivity contribution in [3.8, 4) is 11.5 Å². The SMILES string of the molecule is Cn1c(=O)c2c(SCC(=O)Nc3ccc4c(c3)OCO4)nc(C3CC3)nc2n(C)c1=O. The number of carbonyl (C=O) groups excluding carboxylic acids is 1. The van der Waals surface area contributed by atoms with Gasteiger partial charge in [0.05, 0.1) is 5.75 Å². The molecule has 1 fully saturated rings. The molecular weight excluding hydrogens is 422 g/mol. The second-order valence-corrected chi connectivity index (χ2v) is 8.43. The fraction of sp³-hybridized carbons (Fsp3) is 0.350. The normalized spacial score (nSPS) is 14.8. The number of nitrogens with one attached hydrogen (secondary N) is 1. The Hall–Kier alpha value is -3.34. The van der Waals surface area contributed by atoms with Gasteiger partial charge in [0.1, 0.15) is 16.2 Å². The fourth-order valence-electron chi connectivity index (χ4n) is 3.38. The molecule has 0 radical (unpaired) electrons. The van der Waals surface area contributed by atoms with E-state index in [1.165, 1.54) is 11.6 Å². The molecule has 0 spiro atoms. The van der Waals surface area contributed by atoms with Crippen molar-refractivity contribution in [2.75, 3.05) is 17.9 Å². The first-order valence-corrected chi connectivity index (χ1v) is 10.7.